The molecule has 5 rings (SSSR count). The summed E-state index contributed by atoms with van der Waals surface area (Å²) >= 11 is 5.30. The lowest BCUT2D eigenvalue weighted by atomic mass is 10.2. The van der Waals surface area contributed by atoms with E-state index in [1.165, 1.54) is 4.57 Å². The Labute approximate surface area is 188 Å². The van der Waals surface area contributed by atoms with Crippen LogP contribution in [0.3, 0.4) is 0 Å². The number of fused-ring (bicyclic) bond motifs is 2. The Bertz CT molecular complexity index is 1560. The van der Waals surface area contributed by atoms with E-state index < -0.39 is 0 Å². The molecular formula is C24H19N5O2S. The molecule has 158 valence electrons. The maximum Gasteiger partial charge on any atom is 0.262 e. The molecule has 2 N–H and O–H groups in total. The number of para-hydroxylation sites is 3. The molecule has 3 aromatic carbocycles. The van der Waals surface area contributed by atoms with Gasteiger partial charge in [-0.25, -0.2) is 4.98 Å². The highest BCUT2D eigenvalue weighted by molar-refractivity contribution is 7.71. The third-order valence-corrected chi connectivity index (χ3v) is 5.66. The molecule has 8 heteroatoms. The second-order valence-electron chi connectivity index (χ2n) is 7.38. The van der Waals surface area contributed by atoms with Crippen molar-refractivity contribution in [3.8, 4) is 5.69 Å². The van der Waals surface area contributed by atoms with Gasteiger partial charge in [0, 0.05) is 24.3 Å². The van der Waals surface area contributed by atoms with Gasteiger partial charge in [0.2, 0.25) is 5.91 Å². The number of imidazole rings is 1. The van der Waals surface area contributed by atoms with Crippen molar-refractivity contribution < 1.29 is 4.79 Å². The van der Waals surface area contributed by atoms with Gasteiger partial charge >= 0.3 is 0 Å². The van der Waals surface area contributed by atoms with Crippen molar-refractivity contribution in [3.05, 3.63) is 94.2 Å². The van der Waals surface area contributed by atoms with Crippen LogP contribution < -0.4 is 10.9 Å². The molecule has 0 bridgehead atoms. The van der Waals surface area contributed by atoms with Crippen molar-refractivity contribution in [1.82, 2.24) is 19.1 Å². The van der Waals surface area contributed by atoms with Gasteiger partial charge in [-0.05, 0) is 60.7 Å². The van der Waals surface area contributed by atoms with Crippen molar-refractivity contribution in [2.45, 2.75) is 13.0 Å². The van der Waals surface area contributed by atoms with Crippen LogP contribution in [0.4, 0.5) is 5.69 Å². The van der Waals surface area contributed by atoms with Crippen LogP contribution in [-0.4, -0.2) is 25.0 Å². The van der Waals surface area contributed by atoms with E-state index in [2.05, 4.69) is 15.3 Å². The molecule has 0 saturated carbocycles. The molecule has 1 amide bonds. The average Bonchev–Trinajstić information content (AvgIpc) is 3.24. The molecule has 0 saturated heterocycles. The molecule has 0 atom stereocenters. The molecule has 2 aromatic heterocycles. The zero-order valence-corrected chi connectivity index (χ0v) is 17.8. The number of amides is 1. The molecule has 0 aliphatic heterocycles. The lowest BCUT2D eigenvalue weighted by Gasteiger charge is -2.10. The van der Waals surface area contributed by atoms with E-state index in [0.717, 1.165) is 16.7 Å². The number of aromatic nitrogens is 4. The number of H-pyrrole nitrogens is 1. The first-order chi connectivity index (χ1) is 15.6. The molecular weight excluding hydrogens is 422 g/mol. The third kappa shape index (κ3) is 3.72. The van der Waals surface area contributed by atoms with E-state index >= 15 is 0 Å². The Morgan fingerprint density at radius 1 is 1.00 bits per heavy atom. The zero-order valence-electron chi connectivity index (χ0n) is 17.0. The van der Waals surface area contributed by atoms with Crippen LogP contribution in [0.15, 0.2) is 83.9 Å². The molecule has 2 heterocycles. The van der Waals surface area contributed by atoms with Crippen LogP contribution in [0.1, 0.15) is 6.42 Å². The molecule has 0 aliphatic rings. The minimum atomic E-state index is -0.200. The largest absolute Gasteiger partial charge is 0.332 e. The smallest absolute Gasteiger partial charge is 0.262 e. The van der Waals surface area contributed by atoms with E-state index in [1.807, 2.05) is 59.2 Å². The minimum absolute atomic E-state index is 0.129. The Kier molecular flexibility index (Phi) is 5.12. The van der Waals surface area contributed by atoms with Crippen LogP contribution in [0.5, 0.6) is 0 Å². The summed E-state index contributed by atoms with van der Waals surface area (Å²) in [6, 6.07) is 22.6. The molecule has 32 heavy (non-hydrogen) atoms. The minimum Gasteiger partial charge on any atom is -0.332 e. The lowest BCUT2D eigenvalue weighted by Crippen LogP contribution is -2.25. The van der Waals surface area contributed by atoms with Gasteiger partial charge in [-0.3, -0.25) is 18.7 Å². The van der Waals surface area contributed by atoms with Gasteiger partial charge in [-0.2, -0.15) is 0 Å². The second kappa shape index (κ2) is 8.24. The van der Waals surface area contributed by atoms with Crippen LogP contribution in [0, 0.1) is 4.77 Å². The molecule has 0 aliphatic carbocycles. The van der Waals surface area contributed by atoms with Crippen LogP contribution in [0.25, 0.3) is 27.6 Å². The fraction of sp³-hybridized carbons (Fsp3) is 0.0833. The van der Waals surface area contributed by atoms with E-state index in [1.54, 1.807) is 24.5 Å². The summed E-state index contributed by atoms with van der Waals surface area (Å²) in [6.45, 7) is 0.198. The maximum atomic E-state index is 12.7. The number of carbonyl (C=O) groups excluding carboxylic acids is 1. The summed E-state index contributed by atoms with van der Waals surface area (Å²) in [5.41, 5.74) is 4.06. The standard InChI is InChI=1S/C24H19N5O2S/c30-22(13-14-28-23(31)18-5-1-2-6-19(18)27-24(28)32)26-16-9-11-17(12-10-16)29-15-25-20-7-3-4-8-21(20)29/h1-12,15H,13-14H2,(H,26,30)(H,27,32). The number of hydrogen-bond acceptors (Lipinski definition) is 4. The zero-order chi connectivity index (χ0) is 22.1. The van der Waals surface area contributed by atoms with Gasteiger partial charge in [0.05, 0.1) is 21.9 Å². The SMILES string of the molecule is O=C(CCn1c(=S)[nH]c2ccccc2c1=O)Nc1ccc(-n2cnc3ccccc32)cc1. The second-order valence-corrected chi connectivity index (χ2v) is 7.77. The molecule has 7 nitrogen and oxygen atoms in total. The van der Waals surface area contributed by atoms with Crippen molar-refractivity contribution >= 4 is 45.7 Å². The van der Waals surface area contributed by atoms with Crippen molar-refractivity contribution in [1.29, 1.82) is 0 Å². The van der Waals surface area contributed by atoms with Crippen molar-refractivity contribution in [2.24, 2.45) is 0 Å². The number of carbonyl (C=O) groups is 1. The van der Waals surface area contributed by atoms with Gasteiger partial charge in [-0.15, -0.1) is 0 Å². The van der Waals surface area contributed by atoms with Gasteiger partial charge in [0.1, 0.15) is 6.33 Å². The summed E-state index contributed by atoms with van der Waals surface area (Å²) < 4.78 is 3.72. The highest BCUT2D eigenvalue weighted by Crippen LogP contribution is 2.19. The van der Waals surface area contributed by atoms with E-state index in [-0.39, 0.29) is 24.4 Å². The quantitative estimate of drug-likeness (QED) is 0.395. The highest BCUT2D eigenvalue weighted by Gasteiger charge is 2.09. The highest BCUT2D eigenvalue weighted by atomic mass is 32.1. The number of anilines is 1. The summed E-state index contributed by atoms with van der Waals surface area (Å²) in [5, 5.41) is 3.42. The average molecular weight is 442 g/mol. The molecule has 0 unspecified atom stereocenters. The lowest BCUT2D eigenvalue weighted by molar-refractivity contribution is -0.116. The van der Waals surface area contributed by atoms with Crippen molar-refractivity contribution in [2.75, 3.05) is 5.32 Å². The normalized spacial score (nSPS) is 11.1. The summed E-state index contributed by atoms with van der Waals surface area (Å²) in [4.78, 5) is 32.6. The molecule has 0 radical (unpaired) electrons. The van der Waals surface area contributed by atoms with Crippen LogP contribution >= 0.6 is 12.2 Å². The number of hydrogen-bond donors (Lipinski definition) is 2. The van der Waals surface area contributed by atoms with Gasteiger partial charge in [-0.1, -0.05) is 24.3 Å². The first-order valence-corrected chi connectivity index (χ1v) is 10.6. The van der Waals surface area contributed by atoms with Crippen molar-refractivity contribution in [3.63, 3.8) is 0 Å². The van der Waals surface area contributed by atoms with Crippen LogP contribution in [0.2, 0.25) is 0 Å². The topological polar surface area (TPSA) is 84.7 Å². The van der Waals surface area contributed by atoms with E-state index in [0.29, 0.717) is 21.4 Å². The Morgan fingerprint density at radius 2 is 1.75 bits per heavy atom. The first-order valence-electron chi connectivity index (χ1n) is 10.1. The Balaban J connectivity index is 1.28. The fourth-order valence-corrected chi connectivity index (χ4v) is 3.99. The number of aromatic amines is 1. The summed E-state index contributed by atoms with van der Waals surface area (Å²) in [6.07, 6.45) is 1.91. The summed E-state index contributed by atoms with van der Waals surface area (Å²) in [5.74, 6) is -0.194. The van der Waals surface area contributed by atoms with Gasteiger partial charge in [0.15, 0.2) is 4.77 Å². The molecule has 0 fully saturated rings. The Morgan fingerprint density at radius 3 is 2.59 bits per heavy atom. The predicted octanol–water partition coefficient (Wildman–Crippen LogP) is 4.43. The Hall–Kier alpha value is -4.04. The van der Waals surface area contributed by atoms with E-state index in [9.17, 15) is 9.59 Å². The van der Waals surface area contributed by atoms with E-state index in [4.69, 9.17) is 12.2 Å². The predicted molar refractivity (Wildman–Crippen MR) is 128 cm³/mol. The number of rotatable bonds is 5. The number of benzene rings is 3. The maximum absolute atomic E-state index is 12.7. The molecule has 5 aromatic rings. The number of nitrogens with zero attached hydrogens (tertiary/aromatic N) is 3. The first kappa shape index (κ1) is 19.9. The van der Waals surface area contributed by atoms with Crippen LogP contribution in [-0.2, 0) is 11.3 Å². The fourth-order valence-electron chi connectivity index (χ4n) is 3.71. The van der Waals surface area contributed by atoms with Gasteiger partial charge < -0.3 is 10.3 Å². The monoisotopic (exact) mass is 441 g/mol. The summed E-state index contributed by atoms with van der Waals surface area (Å²) in [7, 11) is 0. The molecule has 0 spiro atoms. The number of nitrogens with one attached hydrogen (secondary N) is 2. The third-order valence-electron chi connectivity index (χ3n) is 5.33. The van der Waals surface area contributed by atoms with Gasteiger partial charge in [0.25, 0.3) is 5.56 Å².